The van der Waals surface area contributed by atoms with E-state index in [-0.39, 0.29) is 24.0 Å². The summed E-state index contributed by atoms with van der Waals surface area (Å²) < 4.78 is 36.6. The van der Waals surface area contributed by atoms with Crippen molar-refractivity contribution >= 4 is 11.8 Å². The number of methoxy groups -OCH3 is 1. The van der Waals surface area contributed by atoms with Crippen LogP contribution in [0.2, 0.25) is 0 Å². The fraction of sp³-hybridized carbons (Fsp3) is 0.414. The summed E-state index contributed by atoms with van der Waals surface area (Å²) in [7, 11) is 3.50. The summed E-state index contributed by atoms with van der Waals surface area (Å²) in [5.74, 6) is -1.42. The van der Waals surface area contributed by atoms with Gasteiger partial charge in [-0.1, -0.05) is 30.4 Å². The molecule has 1 aliphatic heterocycles. The first-order valence-corrected chi connectivity index (χ1v) is 13.4. The third kappa shape index (κ3) is 5.71. The standard InChI is InChI=1S/C29H35F2N7O2/c1-18-27(22-15-36(3)34-19(22)2)35-38(21-8-6-5-7-9-21)28(18)33-29(39)32-26-17-37(12-13-40-4)16-23(26)20-10-11-24(30)25(31)14-20/h5-8,10-11,14-15,21,23,26H,9,12-13,16-17H2,1-4H3,(H2,32,33,39)/t21?,23-,26+/m0/s1. The molecule has 1 fully saturated rings. The second-order valence-electron chi connectivity index (χ2n) is 10.4. The van der Waals surface area contributed by atoms with Gasteiger partial charge in [-0.15, -0.1) is 0 Å². The van der Waals surface area contributed by atoms with Crippen molar-refractivity contribution in [3.63, 3.8) is 0 Å². The van der Waals surface area contributed by atoms with Gasteiger partial charge in [-0.3, -0.25) is 14.9 Å². The molecule has 0 radical (unpaired) electrons. The van der Waals surface area contributed by atoms with Crippen LogP contribution in [0.5, 0.6) is 0 Å². The Morgan fingerprint density at radius 3 is 2.65 bits per heavy atom. The number of aryl methyl sites for hydroxylation is 2. The fourth-order valence-corrected chi connectivity index (χ4v) is 5.57. The molecule has 1 aliphatic carbocycles. The van der Waals surface area contributed by atoms with Gasteiger partial charge < -0.3 is 10.1 Å². The maximum Gasteiger partial charge on any atom is 0.320 e. The van der Waals surface area contributed by atoms with Crippen LogP contribution in [-0.2, 0) is 11.8 Å². The van der Waals surface area contributed by atoms with Crippen LogP contribution in [0.15, 0.2) is 48.7 Å². The van der Waals surface area contributed by atoms with E-state index in [1.165, 1.54) is 6.07 Å². The van der Waals surface area contributed by atoms with E-state index in [1.807, 2.05) is 43.9 Å². The topological polar surface area (TPSA) is 89.2 Å². The van der Waals surface area contributed by atoms with Crippen molar-refractivity contribution in [3.05, 3.63) is 77.2 Å². The molecule has 212 valence electrons. The minimum Gasteiger partial charge on any atom is -0.383 e. The van der Waals surface area contributed by atoms with Crippen LogP contribution >= 0.6 is 0 Å². The number of ether oxygens (including phenoxy) is 1. The number of urea groups is 1. The smallest absolute Gasteiger partial charge is 0.320 e. The molecule has 2 aromatic heterocycles. The molecule has 9 nitrogen and oxygen atoms in total. The Kier molecular flexibility index (Phi) is 8.13. The summed E-state index contributed by atoms with van der Waals surface area (Å²) in [5, 5.41) is 15.5. The monoisotopic (exact) mass is 551 g/mol. The Hall–Kier alpha value is -3.83. The minimum absolute atomic E-state index is 0.0596. The molecule has 3 heterocycles. The number of nitrogens with one attached hydrogen (secondary N) is 2. The van der Waals surface area contributed by atoms with E-state index in [1.54, 1.807) is 17.9 Å². The average Bonchev–Trinajstić information content (AvgIpc) is 3.59. The van der Waals surface area contributed by atoms with E-state index < -0.39 is 11.6 Å². The molecule has 2 amide bonds. The minimum atomic E-state index is -0.900. The number of benzene rings is 1. The highest BCUT2D eigenvalue weighted by Gasteiger charge is 2.35. The Morgan fingerprint density at radius 2 is 1.98 bits per heavy atom. The van der Waals surface area contributed by atoms with Crippen LogP contribution in [-0.4, -0.2) is 69.9 Å². The summed E-state index contributed by atoms with van der Waals surface area (Å²) >= 11 is 0. The molecule has 3 aromatic rings. The second-order valence-corrected chi connectivity index (χ2v) is 10.4. The van der Waals surface area contributed by atoms with Gasteiger partial charge in [-0.2, -0.15) is 10.2 Å². The highest BCUT2D eigenvalue weighted by Crippen LogP contribution is 2.34. The quantitative estimate of drug-likeness (QED) is 0.431. The molecular formula is C29H35F2N7O2. The molecule has 0 spiro atoms. The maximum atomic E-state index is 14.1. The zero-order valence-corrected chi connectivity index (χ0v) is 23.2. The van der Waals surface area contributed by atoms with Crippen molar-refractivity contribution in [1.29, 1.82) is 0 Å². The number of amides is 2. The molecule has 0 bridgehead atoms. The first kappa shape index (κ1) is 27.7. The van der Waals surface area contributed by atoms with Crippen LogP contribution < -0.4 is 10.6 Å². The third-order valence-electron chi connectivity index (χ3n) is 7.62. The molecule has 0 saturated carbocycles. The van der Waals surface area contributed by atoms with Crippen molar-refractivity contribution < 1.29 is 18.3 Å². The summed E-state index contributed by atoms with van der Waals surface area (Å²) in [4.78, 5) is 15.7. The number of carbonyl (C=O) groups excluding carboxylic acids is 1. The molecule has 3 atom stereocenters. The number of halogens is 2. The summed E-state index contributed by atoms with van der Waals surface area (Å²) in [6.07, 6.45) is 10.8. The summed E-state index contributed by atoms with van der Waals surface area (Å²) in [6.45, 7) is 6.20. The molecule has 11 heteroatoms. The number of aromatic nitrogens is 4. The predicted molar refractivity (Wildman–Crippen MR) is 149 cm³/mol. The van der Waals surface area contributed by atoms with Gasteiger partial charge in [0.1, 0.15) is 11.5 Å². The van der Waals surface area contributed by atoms with Crippen LogP contribution in [0.1, 0.15) is 35.2 Å². The Labute approximate surface area is 232 Å². The second kappa shape index (κ2) is 11.7. The lowest BCUT2D eigenvalue weighted by Gasteiger charge is -2.22. The van der Waals surface area contributed by atoms with Gasteiger partial charge in [0.15, 0.2) is 11.6 Å². The Bertz CT molecular complexity index is 1440. The maximum absolute atomic E-state index is 14.1. The van der Waals surface area contributed by atoms with Crippen LogP contribution in [0, 0.1) is 25.5 Å². The van der Waals surface area contributed by atoms with Crippen molar-refractivity contribution in [1.82, 2.24) is 29.8 Å². The summed E-state index contributed by atoms with van der Waals surface area (Å²) in [6, 6.07) is 3.17. The zero-order valence-electron chi connectivity index (χ0n) is 23.2. The number of hydrogen-bond donors (Lipinski definition) is 2. The van der Waals surface area contributed by atoms with E-state index in [2.05, 4.69) is 32.8 Å². The number of hydrogen-bond acceptors (Lipinski definition) is 5. The molecule has 1 aromatic carbocycles. The SMILES string of the molecule is COCCN1C[C@@H](NC(=O)Nc2c(C)c(-c3cn(C)nc3C)nn2C2C=CC=CC2)[C@H](c2ccc(F)c(F)c2)C1. The highest BCUT2D eigenvalue weighted by molar-refractivity contribution is 5.91. The lowest BCUT2D eigenvalue weighted by atomic mass is 9.94. The van der Waals surface area contributed by atoms with Gasteiger partial charge in [-0.05, 0) is 38.0 Å². The number of rotatable bonds is 8. The van der Waals surface area contributed by atoms with Crippen molar-refractivity contribution in [2.24, 2.45) is 7.05 Å². The molecule has 2 aliphatic rings. The molecule has 1 saturated heterocycles. The van der Waals surface area contributed by atoms with Crippen molar-refractivity contribution in [2.75, 3.05) is 38.7 Å². The number of nitrogens with zero attached hydrogens (tertiary/aromatic N) is 5. The summed E-state index contributed by atoms with van der Waals surface area (Å²) in [5.41, 5.74) is 3.98. The van der Waals surface area contributed by atoms with E-state index >= 15 is 0 Å². The normalized spacial score (nSPS) is 20.8. The van der Waals surface area contributed by atoms with E-state index in [0.717, 1.165) is 35.0 Å². The Morgan fingerprint density at radius 1 is 1.15 bits per heavy atom. The van der Waals surface area contributed by atoms with E-state index in [0.29, 0.717) is 37.6 Å². The van der Waals surface area contributed by atoms with Gasteiger partial charge in [-0.25, -0.2) is 18.3 Å². The molecule has 40 heavy (non-hydrogen) atoms. The predicted octanol–water partition coefficient (Wildman–Crippen LogP) is 4.47. The molecule has 2 N–H and O–H groups in total. The molecular weight excluding hydrogens is 516 g/mol. The van der Waals surface area contributed by atoms with Gasteiger partial charge >= 0.3 is 6.03 Å². The van der Waals surface area contributed by atoms with Crippen LogP contribution in [0.3, 0.4) is 0 Å². The van der Waals surface area contributed by atoms with Crippen LogP contribution in [0.25, 0.3) is 11.3 Å². The fourth-order valence-electron chi connectivity index (χ4n) is 5.57. The van der Waals surface area contributed by atoms with Crippen molar-refractivity contribution in [3.8, 4) is 11.3 Å². The van der Waals surface area contributed by atoms with Gasteiger partial charge in [0.25, 0.3) is 0 Å². The third-order valence-corrected chi connectivity index (χ3v) is 7.62. The van der Waals surface area contributed by atoms with Crippen LogP contribution in [0.4, 0.5) is 19.4 Å². The van der Waals surface area contributed by atoms with Gasteiger partial charge in [0.2, 0.25) is 0 Å². The zero-order chi connectivity index (χ0) is 28.4. The number of carbonyl (C=O) groups is 1. The lowest BCUT2D eigenvalue weighted by molar-refractivity contribution is 0.159. The lowest BCUT2D eigenvalue weighted by Crippen LogP contribution is -2.42. The largest absolute Gasteiger partial charge is 0.383 e. The first-order valence-electron chi connectivity index (χ1n) is 13.4. The Balaban J connectivity index is 1.41. The first-order chi connectivity index (χ1) is 19.2. The number of allylic oxidation sites excluding steroid dienone is 4. The van der Waals surface area contributed by atoms with Crippen molar-refractivity contribution in [2.45, 2.75) is 38.3 Å². The van der Waals surface area contributed by atoms with E-state index in [4.69, 9.17) is 9.84 Å². The molecule has 5 rings (SSSR count). The molecule has 1 unspecified atom stereocenters. The van der Waals surface area contributed by atoms with Gasteiger partial charge in [0, 0.05) is 57.0 Å². The number of likely N-dealkylation sites (tertiary alicyclic amines) is 1. The van der Waals surface area contributed by atoms with E-state index in [9.17, 15) is 13.6 Å². The van der Waals surface area contributed by atoms with Gasteiger partial charge in [0.05, 0.1) is 24.4 Å². The average molecular weight is 552 g/mol. The highest BCUT2D eigenvalue weighted by atomic mass is 19.2. The number of anilines is 1.